The lowest BCUT2D eigenvalue weighted by molar-refractivity contribution is -0.183. The Morgan fingerprint density at radius 2 is 2.03 bits per heavy atom. The van der Waals surface area contributed by atoms with Gasteiger partial charge in [0, 0.05) is 18.7 Å². The summed E-state index contributed by atoms with van der Waals surface area (Å²) in [6.45, 7) is 7.21. The summed E-state index contributed by atoms with van der Waals surface area (Å²) in [5, 5.41) is 4.22. The average molecular weight is 442 g/mol. The fraction of sp³-hybridized carbons (Fsp3) is 0.542. The molecule has 2 aromatic rings. The Morgan fingerprint density at radius 1 is 1.22 bits per heavy atom. The number of hydrogen-bond acceptors (Lipinski definition) is 7. The lowest BCUT2D eigenvalue weighted by atomic mass is 10.1. The molecule has 3 heterocycles. The molecule has 1 amide bonds. The van der Waals surface area contributed by atoms with Crippen LogP contribution < -0.4 is 0 Å². The summed E-state index contributed by atoms with van der Waals surface area (Å²) in [7, 11) is 0. The summed E-state index contributed by atoms with van der Waals surface area (Å²) in [5.74, 6) is 0.831. The first-order valence-electron chi connectivity index (χ1n) is 11.2. The van der Waals surface area contributed by atoms with Gasteiger partial charge in [-0.2, -0.15) is 4.98 Å². The molecule has 2 atom stereocenters. The molecule has 0 N–H and O–H groups in total. The van der Waals surface area contributed by atoms with Gasteiger partial charge in [0.05, 0.1) is 6.54 Å². The van der Waals surface area contributed by atoms with Crippen LogP contribution in [0.5, 0.6) is 0 Å². The summed E-state index contributed by atoms with van der Waals surface area (Å²) in [6.07, 6.45) is 4.53. The summed E-state index contributed by atoms with van der Waals surface area (Å²) >= 11 is 0. The van der Waals surface area contributed by atoms with Gasteiger partial charge >= 0.3 is 6.09 Å². The first-order chi connectivity index (χ1) is 15.4. The third kappa shape index (κ3) is 5.75. The number of carbonyl (C=O) groups is 1. The molecule has 0 spiro atoms. The van der Waals surface area contributed by atoms with Gasteiger partial charge in [-0.25, -0.2) is 4.79 Å². The number of carbonyl (C=O) groups excluding carboxylic acids is 1. The lowest BCUT2D eigenvalue weighted by Gasteiger charge is -2.29. The van der Waals surface area contributed by atoms with Gasteiger partial charge in [0.1, 0.15) is 11.7 Å². The normalized spacial score (nSPS) is 20.5. The Balaban J connectivity index is 1.51. The van der Waals surface area contributed by atoms with Gasteiger partial charge in [-0.1, -0.05) is 41.6 Å². The van der Waals surface area contributed by atoms with Crippen LogP contribution in [0.15, 0.2) is 40.9 Å². The van der Waals surface area contributed by atoms with Crippen LogP contribution in [0.2, 0.25) is 0 Å². The number of hydrogen-bond donors (Lipinski definition) is 0. The van der Waals surface area contributed by atoms with E-state index in [9.17, 15) is 4.79 Å². The molecule has 2 unspecified atom stereocenters. The highest BCUT2D eigenvalue weighted by Crippen LogP contribution is 2.30. The minimum Gasteiger partial charge on any atom is -0.444 e. The van der Waals surface area contributed by atoms with E-state index in [1.165, 1.54) is 0 Å². The topological polar surface area (TPSA) is 86.9 Å². The van der Waals surface area contributed by atoms with E-state index in [1.807, 2.05) is 57.2 Å². The highest BCUT2D eigenvalue weighted by Gasteiger charge is 2.30. The summed E-state index contributed by atoms with van der Waals surface area (Å²) in [5.41, 5.74) is 1.20. The average Bonchev–Trinajstić information content (AvgIpc) is 3.28. The second-order valence-electron chi connectivity index (χ2n) is 9.10. The molecule has 1 aromatic carbocycles. The summed E-state index contributed by atoms with van der Waals surface area (Å²) < 4.78 is 23.1. The quantitative estimate of drug-likeness (QED) is 0.663. The molecule has 8 nitrogen and oxygen atoms in total. The highest BCUT2D eigenvalue weighted by molar-refractivity contribution is 5.73. The van der Waals surface area contributed by atoms with E-state index >= 15 is 0 Å². The Kier molecular flexibility index (Phi) is 6.91. The SMILES string of the molecule is CC(C)(C)OC(=O)N1CCC=C(c2nc(C(OC3CCCCO3)c3ccccc3)no2)C1. The summed E-state index contributed by atoms with van der Waals surface area (Å²) in [4.78, 5) is 18.8. The zero-order valence-electron chi connectivity index (χ0n) is 19.0. The Bertz CT molecular complexity index is 929. The predicted octanol–water partition coefficient (Wildman–Crippen LogP) is 4.73. The van der Waals surface area contributed by atoms with E-state index in [0.29, 0.717) is 37.8 Å². The molecular formula is C24H31N3O5. The van der Waals surface area contributed by atoms with Gasteiger partial charge in [0.2, 0.25) is 5.82 Å². The molecule has 4 rings (SSSR count). The Hall–Kier alpha value is -2.71. The van der Waals surface area contributed by atoms with E-state index < -0.39 is 11.7 Å². The number of benzene rings is 1. The van der Waals surface area contributed by atoms with Crippen LogP contribution in [0.25, 0.3) is 5.57 Å². The molecule has 1 saturated heterocycles. The molecule has 0 saturated carbocycles. The smallest absolute Gasteiger partial charge is 0.410 e. The van der Waals surface area contributed by atoms with Crippen molar-refractivity contribution in [3.05, 3.63) is 53.7 Å². The van der Waals surface area contributed by atoms with Gasteiger partial charge in [-0.3, -0.25) is 0 Å². The molecule has 0 aliphatic carbocycles. The molecule has 2 aliphatic rings. The molecule has 172 valence electrons. The standard InChI is InChI=1S/C24H31N3O5/c1-24(2,3)31-23(28)27-14-9-12-18(16-27)22-25-21(26-32-22)20(17-10-5-4-6-11-17)30-19-13-7-8-15-29-19/h4-6,10-12,19-20H,7-9,13-16H2,1-3H3. The van der Waals surface area contributed by atoms with E-state index in [2.05, 4.69) is 10.1 Å². The van der Waals surface area contributed by atoms with Crippen LogP contribution in [0.1, 0.15) is 69.8 Å². The maximum Gasteiger partial charge on any atom is 0.410 e. The second-order valence-corrected chi connectivity index (χ2v) is 9.10. The van der Waals surface area contributed by atoms with Crippen molar-refractivity contribution in [2.75, 3.05) is 19.7 Å². The number of nitrogens with zero attached hydrogens (tertiary/aromatic N) is 3. The minimum atomic E-state index is -0.544. The Morgan fingerprint density at radius 3 is 2.75 bits per heavy atom. The van der Waals surface area contributed by atoms with Crippen molar-refractivity contribution < 1.29 is 23.5 Å². The Labute approximate surface area is 188 Å². The molecule has 0 radical (unpaired) electrons. The first kappa shape index (κ1) is 22.5. The van der Waals surface area contributed by atoms with Crippen LogP contribution in [0.4, 0.5) is 4.79 Å². The van der Waals surface area contributed by atoms with Crippen molar-refractivity contribution in [3.63, 3.8) is 0 Å². The maximum absolute atomic E-state index is 12.5. The van der Waals surface area contributed by atoms with E-state index in [4.69, 9.17) is 18.7 Å². The van der Waals surface area contributed by atoms with Crippen molar-refractivity contribution in [3.8, 4) is 0 Å². The largest absolute Gasteiger partial charge is 0.444 e. The van der Waals surface area contributed by atoms with Gasteiger partial charge in [-0.05, 0) is 52.0 Å². The van der Waals surface area contributed by atoms with E-state index in [1.54, 1.807) is 4.90 Å². The van der Waals surface area contributed by atoms with E-state index in [-0.39, 0.29) is 12.4 Å². The monoisotopic (exact) mass is 441 g/mol. The molecule has 32 heavy (non-hydrogen) atoms. The van der Waals surface area contributed by atoms with Gasteiger partial charge in [0.25, 0.3) is 5.89 Å². The van der Waals surface area contributed by atoms with Crippen LogP contribution >= 0.6 is 0 Å². The van der Waals surface area contributed by atoms with Crippen molar-refractivity contribution >= 4 is 11.7 Å². The van der Waals surface area contributed by atoms with Crippen molar-refractivity contribution in [1.29, 1.82) is 0 Å². The van der Waals surface area contributed by atoms with Crippen LogP contribution in [-0.2, 0) is 14.2 Å². The maximum atomic E-state index is 12.5. The zero-order chi connectivity index (χ0) is 22.6. The van der Waals surface area contributed by atoms with Gasteiger partial charge in [0.15, 0.2) is 6.29 Å². The van der Waals surface area contributed by atoms with Crippen molar-refractivity contribution in [2.45, 2.75) is 64.4 Å². The van der Waals surface area contributed by atoms with Gasteiger partial charge in [-0.15, -0.1) is 0 Å². The summed E-state index contributed by atoms with van der Waals surface area (Å²) in [6, 6.07) is 9.83. The lowest BCUT2D eigenvalue weighted by Crippen LogP contribution is -2.39. The fourth-order valence-corrected chi connectivity index (χ4v) is 3.74. The number of aromatic nitrogens is 2. The highest BCUT2D eigenvalue weighted by atomic mass is 16.7. The zero-order valence-corrected chi connectivity index (χ0v) is 19.0. The van der Waals surface area contributed by atoms with Gasteiger partial charge < -0.3 is 23.6 Å². The second kappa shape index (κ2) is 9.83. The third-order valence-corrected chi connectivity index (χ3v) is 5.28. The van der Waals surface area contributed by atoms with Crippen LogP contribution in [0, 0.1) is 0 Å². The fourth-order valence-electron chi connectivity index (χ4n) is 3.74. The molecule has 0 bridgehead atoms. The third-order valence-electron chi connectivity index (χ3n) is 5.28. The number of amides is 1. The van der Waals surface area contributed by atoms with Crippen molar-refractivity contribution in [1.82, 2.24) is 15.0 Å². The molecule has 1 fully saturated rings. The number of ether oxygens (including phenoxy) is 3. The molecule has 1 aromatic heterocycles. The molecular weight excluding hydrogens is 410 g/mol. The molecule has 2 aliphatic heterocycles. The van der Waals surface area contributed by atoms with Crippen LogP contribution in [-0.4, -0.2) is 52.7 Å². The minimum absolute atomic E-state index is 0.299. The predicted molar refractivity (Wildman–Crippen MR) is 118 cm³/mol. The number of rotatable bonds is 5. The van der Waals surface area contributed by atoms with Crippen molar-refractivity contribution in [2.24, 2.45) is 0 Å². The van der Waals surface area contributed by atoms with Crippen LogP contribution in [0.3, 0.4) is 0 Å². The molecule has 8 heteroatoms. The van der Waals surface area contributed by atoms with E-state index in [0.717, 1.165) is 30.4 Å². The first-order valence-corrected chi connectivity index (χ1v) is 11.2.